The highest BCUT2D eigenvalue weighted by Crippen LogP contribution is 2.33. The second-order valence-corrected chi connectivity index (χ2v) is 4.52. The Morgan fingerprint density at radius 1 is 1.53 bits per heavy atom. The van der Waals surface area contributed by atoms with E-state index in [0.29, 0.717) is 44.0 Å². The maximum Gasteiger partial charge on any atom is 0.339 e. The number of aryl methyl sites for hydroxylation is 1. The topological polar surface area (TPSA) is 81.5 Å². The van der Waals surface area contributed by atoms with Crippen LogP contribution in [0.1, 0.15) is 41.6 Å². The lowest BCUT2D eigenvalue weighted by Gasteiger charge is -2.34. The van der Waals surface area contributed by atoms with Crippen molar-refractivity contribution in [1.29, 1.82) is 0 Å². The number of hydrogen-bond donors (Lipinski definition) is 1. The molecule has 6 heteroatoms. The normalized spacial score (nSPS) is 18.2. The predicted octanol–water partition coefficient (Wildman–Crippen LogP) is 1.39. The zero-order valence-electron chi connectivity index (χ0n) is 11.2. The van der Waals surface area contributed by atoms with Gasteiger partial charge in [-0.25, -0.2) is 14.8 Å². The zero-order chi connectivity index (χ0) is 13.9. The Morgan fingerprint density at radius 2 is 2.21 bits per heavy atom. The lowest BCUT2D eigenvalue weighted by atomic mass is 9.92. The van der Waals surface area contributed by atoms with Crippen LogP contribution < -0.4 is 0 Å². The van der Waals surface area contributed by atoms with E-state index in [9.17, 15) is 4.79 Å². The summed E-state index contributed by atoms with van der Waals surface area (Å²) in [6, 6.07) is 0. The lowest BCUT2D eigenvalue weighted by Crippen LogP contribution is -2.37. The predicted molar refractivity (Wildman–Crippen MR) is 67.1 cm³/mol. The van der Waals surface area contributed by atoms with Crippen LogP contribution in [0.4, 0.5) is 0 Å². The molecule has 1 saturated heterocycles. The van der Waals surface area contributed by atoms with Crippen molar-refractivity contribution < 1.29 is 19.4 Å². The van der Waals surface area contributed by atoms with Crippen molar-refractivity contribution in [2.45, 2.75) is 31.8 Å². The van der Waals surface area contributed by atoms with Crippen LogP contribution in [-0.2, 0) is 21.5 Å². The number of rotatable bonds is 4. The van der Waals surface area contributed by atoms with E-state index in [0.717, 1.165) is 0 Å². The fourth-order valence-corrected chi connectivity index (χ4v) is 2.30. The van der Waals surface area contributed by atoms with E-state index in [1.165, 1.54) is 6.20 Å². The summed E-state index contributed by atoms with van der Waals surface area (Å²) in [5.41, 5.74) is 0.143. The maximum absolute atomic E-state index is 11.1. The van der Waals surface area contributed by atoms with Crippen LogP contribution in [0.2, 0.25) is 0 Å². The molecule has 1 N–H and O–H groups in total. The van der Waals surface area contributed by atoms with Crippen molar-refractivity contribution >= 4 is 5.97 Å². The van der Waals surface area contributed by atoms with Gasteiger partial charge in [-0.15, -0.1) is 0 Å². The fraction of sp³-hybridized carbons (Fsp3) is 0.615. The largest absolute Gasteiger partial charge is 0.478 e. The molecule has 0 amide bonds. The molecule has 104 valence electrons. The minimum Gasteiger partial charge on any atom is -0.478 e. The molecule has 0 saturated carbocycles. The van der Waals surface area contributed by atoms with Gasteiger partial charge in [0.25, 0.3) is 0 Å². The SMILES string of the molecule is CCc1nc(C2(OC)CCOCC2)ncc1C(=O)O. The Bertz CT molecular complexity index is 470. The zero-order valence-corrected chi connectivity index (χ0v) is 11.2. The van der Waals surface area contributed by atoms with Gasteiger partial charge in [-0.3, -0.25) is 0 Å². The van der Waals surface area contributed by atoms with Gasteiger partial charge in [-0.2, -0.15) is 0 Å². The molecule has 1 fully saturated rings. The summed E-state index contributed by atoms with van der Waals surface area (Å²) >= 11 is 0. The van der Waals surface area contributed by atoms with E-state index in [1.807, 2.05) is 6.92 Å². The molecule has 0 unspecified atom stereocenters. The Morgan fingerprint density at radius 3 is 2.74 bits per heavy atom. The molecule has 2 heterocycles. The van der Waals surface area contributed by atoms with Gasteiger partial charge in [0.2, 0.25) is 0 Å². The summed E-state index contributed by atoms with van der Waals surface area (Å²) in [6.45, 7) is 3.07. The van der Waals surface area contributed by atoms with Crippen LogP contribution in [0.15, 0.2) is 6.20 Å². The molecule has 0 radical (unpaired) electrons. The van der Waals surface area contributed by atoms with Crippen molar-refractivity contribution in [3.8, 4) is 0 Å². The highest BCUT2D eigenvalue weighted by atomic mass is 16.5. The summed E-state index contributed by atoms with van der Waals surface area (Å²) in [6.07, 6.45) is 3.28. The number of aromatic carboxylic acids is 1. The minimum atomic E-state index is -0.998. The molecular formula is C13H18N2O4. The first-order chi connectivity index (χ1) is 9.13. The second-order valence-electron chi connectivity index (χ2n) is 4.52. The van der Waals surface area contributed by atoms with Crippen LogP contribution in [0.3, 0.4) is 0 Å². The van der Waals surface area contributed by atoms with E-state index in [4.69, 9.17) is 14.6 Å². The molecule has 0 bridgehead atoms. The van der Waals surface area contributed by atoms with Gasteiger partial charge < -0.3 is 14.6 Å². The molecule has 19 heavy (non-hydrogen) atoms. The van der Waals surface area contributed by atoms with E-state index in [2.05, 4.69) is 9.97 Å². The van der Waals surface area contributed by atoms with Gasteiger partial charge in [0.1, 0.15) is 5.60 Å². The number of hydrogen-bond acceptors (Lipinski definition) is 5. The average Bonchev–Trinajstić information content (AvgIpc) is 2.47. The van der Waals surface area contributed by atoms with Crippen molar-refractivity contribution in [3.05, 3.63) is 23.3 Å². The molecule has 1 aromatic rings. The van der Waals surface area contributed by atoms with E-state index < -0.39 is 11.6 Å². The molecule has 0 aliphatic carbocycles. The standard InChI is InChI=1S/C13H18N2O4/c1-3-10-9(11(16)17)8-14-12(15-10)13(18-2)4-6-19-7-5-13/h8H,3-7H2,1-2H3,(H,16,17). The number of carbonyl (C=O) groups is 1. The van der Waals surface area contributed by atoms with Gasteiger partial charge in [-0.1, -0.05) is 6.92 Å². The van der Waals surface area contributed by atoms with Crippen LogP contribution in [-0.4, -0.2) is 41.4 Å². The van der Waals surface area contributed by atoms with Gasteiger partial charge in [0.05, 0.1) is 11.3 Å². The van der Waals surface area contributed by atoms with Crippen molar-refractivity contribution in [2.24, 2.45) is 0 Å². The average molecular weight is 266 g/mol. The first-order valence-electron chi connectivity index (χ1n) is 6.35. The Labute approximate surface area is 111 Å². The first kappa shape index (κ1) is 13.9. The van der Waals surface area contributed by atoms with Gasteiger partial charge in [0.15, 0.2) is 5.82 Å². The smallest absolute Gasteiger partial charge is 0.339 e. The van der Waals surface area contributed by atoms with Crippen LogP contribution >= 0.6 is 0 Å². The first-order valence-corrected chi connectivity index (χ1v) is 6.35. The third kappa shape index (κ3) is 2.59. The number of ether oxygens (including phenoxy) is 2. The Balaban J connectivity index is 2.41. The van der Waals surface area contributed by atoms with Crippen molar-refractivity contribution in [3.63, 3.8) is 0 Å². The van der Waals surface area contributed by atoms with Crippen LogP contribution in [0.5, 0.6) is 0 Å². The van der Waals surface area contributed by atoms with Crippen LogP contribution in [0, 0.1) is 0 Å². The number of carboxylic acid groups (broad SMARTS) is 1. The number of nitrogens with zero attached hydrogens (tertiary/aromatic N) is 2. The van der Waals surface area contributed by atoms with E-state index in [-0.39, 0.29) is 5.56 Å². The van der Waals surface area contributed by atoms with E-state index >= 15 is 0 Å². The molecule has 1 aromatic heterocycles. The van der Waals surface area contributed by atoms with Crippen LogP contribution in [0.25, 0.3) is 0 Å². The van der Waals surface area contributed by atoms with Gasteiger partial charge >= 0.3 is 5.97 Å². The number of carboxylic acids is 1. The molecule has 2 rings (SSSR count). The molecule has 0 atom stereocenters. The third-order valence-electron chi connectivity index (χ3n) is 3.53. The molecule has 0 aromatic carbocycles. The maximum atomic E-state index is 11.1. The summed E-state index contributed by atoms with van der Waals surface area (Å²) in [7, 11) is 1.63. The molecule has 1 aliphatic rings. The Kier molecular flexibility index (Phi) is 4.11. The monoisotopic (exact) mass is 266 g/mol. The summed E-state index contributed by atoms with van der Waals surface area (Å²) < 4.78 is 10.9. The highest BCUT2D eigenvalue weighted by molar-refractivity contribution is 5.88. The highest BCUT2D eigenvalue weighted by Gasteiger charge is 2.37. The second kappa shape index (κ2) is 5.63. The summed E-state index contributed by atoms with van der Waals surface area (Å²) in [5, 5.41) is 9.09. The van der Waals surface area contributed by atoms with Crippen molar-refractivity contribution in [1.82, 2.24) is 9.97 Å². The summed E-state index contributed by atoms with van der Waals surface area (Å²) in [5.74, 6) is -0.443. The Hall–Kier alpha value is -1.53. The van der Waals surface area contributed by atoms with E-state index in [1.54, 1.807) is 7.11 Å². The number of aromatic nitrogens is 2. The molecular weight excluding hydrogens is 248 g/mol. The lowest BCUT2D eigenvalue weighted by molar-refractivity contribution is -0.100. The molecule has 0 spiro atoms. The van der Waals surface area contributed by atoms with Gasteiger partial charge in [0, 0.05) is 39.4 Å². The quantitative estimate of drug-likeness (QED) is 0.886. The van der Waals surface area contributed by atoms with Gasteiger partial charge in [-0.05, 0) is 6.42 Å². The number of methoxy groups -OCH3 is 1. The molecule has 1 aliphatic heterocycles. The fourth-order valence-electron chi connectivity index (χ4n) is 2.30. The minimum absolute atomic E-state index is 0.157. The van der Waals surface area contributed by atoms with Crippen molar-refractivity contribution in [2.75, 3.05) is 20.3 Å². The third-order valence-corrected chi connectivity index (χ3v) is 3.53. The molecule has 6 nitrogen and oxygen atoms in total. The summed E-state index contributed by atoms with van der Waals surface area (Å²) in [4.78, 5) is 19.7.